The third-order valence-corrected chi connectivity index (χ3v) is 4.27. The molecule has 1 aromatic heterocycles. The molecule has 0 aliphatic carbocycles. The van der Waals surface area contributed by atoms with Crippen LogP contribution in [0.1, 0.15) is 22.6 Å². The van der Waals surface area contributed by atoms with Gasteiger partial charge in [-0.1, -0.05) is 41.6 Å². The molecule has 0 saturated heterocycles. The molecule has 1 heterocycles. The van der Waals surface area contributed by atoms with Crippen molar-refractivity contribution in [1.29, 1.82) is 0 Å². The van der Waals surface area contributed by atoms with E-state index >= 15 is 0 Å². The number of nitrogens with zero attached hydrogens (tertiary/aromatic N) is 1. The Balaban J connectivity index is 2.09. The van der Waals surface area contributed by atoms with E-state index in [1.807, 2.05) is 0 Å². The fourth-order valence-corrected chi connectivity index (χ4v) is 3.16. The lowest BCUT2D eigenvalue weighted by Gasteiger charge is -2.09. The van der Waals surface area contributed by atoms with Crippen LogP contribution in [0.25, 0.3) is 0 Å². The highest BCUT2D eigenvalue weighted by Crippen LogP contribution is 2.12. The summed E-state index contributed by atoms with van der Waals surface area (Å²) in [6, 6.07) is 8.57. The van der Waals surface area contributed by atoms with Gasteiger partial charge in [-0.25, -0.2) is 13.1 Å². The van der Waals surface area contributed by atoms with Gasteiger partial charge in [0.25, 0.3) is 0 Å². The number of thiocarbonyl (C=S) groups is 1. The Morgan fingerprint density at radius 2 is 2.14 bits per heavy atom. The normalized spacial score (nSPS) is 11.5. The van der Waals surface area contributed by atoms with E-state index in [1.165, 1.54) is 0 Å². The molecule has 112 valence electrons. The molecular formula is C13H15N3O3S2. The molecule has 0 radical (unpaired) electrons. The van der Waals surface area contributed by atoms with Crippen LogP contribution in [0.5, 0.6) is 0 Å². The second-order valence-electron chi connectivity index (χ2n) is 4.53. The van der Waals surface area contributed by atoms with Crippen LogP contribution in [0.15, 0.2) is 34.9 Å². The van der Waals surface area contributed by atoms with Gasteiger partial charge in [0.15, 0.2) is 0 Å². The second-order valence-corrected chi connectivity index (χ2v) is 6.78. The number of hydrogen-bond acceptors (Lipinski definition) is 5. The summed E-state index contributed by atoms with van der Waals surface area (Å²) in [4.78, 5) is 0.174. The van der Waals surface area contributed by atoms with Gasteiger partial charge in [-0.15, -0.1) is 0 Å². The van der Waals surface area contributed by atoms with E-state index in [1.54, 1.807) is 37.3 Å². The van der Waals surface area contributed by atoms with E-state index in [4.69, 9.17) is 22.5 Å². The fourth-order valence-electron chi connectivity index (χ4n) is 1.83. The van der Waals surface area contributed by atoms with Crippen molar-refractivity contribution in [1.82, 2.24) is 9.88 Å². The van der Waals surface area contributed by atoms with Crippen LogP contribution in [0.2, 0.25) is 0 Å². The van der Waals surface area contributed by atoms with Gasteiger partial charge in [0.2, 0.25) is 10.0 Å². The Kier molecular flexibility index (Phi) is 4.71. The minimum atomic E-state index is -3.53. The largest absolute Gasteiger partial charge is 0.389 e. The van der Waals surface area contributed by atoms with Gasteiger partial charge in [-0.2, -0.15) is 0 Å². The van der Waals surface area contributed by atoms with Gasteiger partial charge < -0.3 is 10.3 Å². The van der Waals surface area contributed by atoms with Crippen LogP contribution in [0.4, 0.5) is 0 Å². The highest BCUT2D eigenvalue weighted by Gasteiger charge is 2.15. The molecule has 0 unspecified atom stereocenters. The van der Waals surface area contributed by atoms with Crippen LogP contribution < -0.4 is 10.5 Å². The molecule has 6 nitrogen and oxygen atoms in total. The molecule has 0 amide bonds. The Morgan fingerprint density at radius 1 is 1.43 bits per heavy atom. The Morgan fingerprint density at radius 3 is 2.76 bits per heavy atom. The summed E-state index contributed by atoms with van der Waals surface area (Å²) in [6.07, 6.45) is 0. The summed E-state index contributed by atoms with van der Waals surface area (Å²) in [5, 5.41) is 3.73. The molecule has 0 spiro atoms. The number of rotatable bonds is 6. The van der Waals surface area contributed by atoms with Gasteiger partial charge in [-0.05, 0) is 12.5 Å². The number of benzene rings is 1. The third kappa shape index (κ3) is 4.35. The lowest BCUT2D eigenvalue weighted by Crippen LogP contribution is -2.26. The molecule has 2 aromatic rings. The number of aromatic nitrogens is 1. The van der Waals surface area contributed by atoms with E-state index < -0.39 is 10.0 Å². The molecule has 3 N–H and O–H groups in total. The number of aryl methyl sites for hydroxylation is 1. The molecule has 8 heteroatoms. The summed E-state index contributed by atoms with van der Waals surface area (Å²) >= 11 is 4.92. The molecule has 0 saturated carbocycles. The van der Waals surface area contributed by atoms with Gasteiger partial charge in [0.1, 0.15) is 10.7 Å². The standard InChI is InChI=1S/C13H15N3O3S2/c1-9-6-11(16-19-9)7-15-21(17,18)8-10-4-2-3-5-12(10)13(14)20/h2-6,15H,7-8H2,1H3,(H2,14,20). The van der Waals surface area contributed by atoms with Crippen LogP contribution in [-0.4, -0.2) is 18.6 Å². The van der Waals surface area contributed by atoms with Crippen molar-refractivity contribution in [2.45, 2.75) is 19.2 Å². The zero-order valence-corrected chi connectivity index (χ0v) is 13.0. The van der Waals surface area contributed by atoms with Gasteiger partial charge in [0, 0.05) is 11.6 Å². The zero-order valence-electron chi connectivity index (χ0n) is 11.4. The molecule has 1 aromatic carbocycles. The van der Waals surface area contributed by atoms with Gasteiger partial charge in [-0.3, -0.25) is 0 Å². The van der Waals surface area contributed by atoms with Crippen LogP contribution in [-0.2, 0) is 22.3 Å². The Labute approximate surface area is 128 Å². The monoisotopic (exact) mass is 325 g/mol. The van der Waals surface area contributed by atoms with E-state index in [0.717, 1.165) is 0 Å². The predicted octanol–water partition coefficient (Wildman–Crippen LogP) is 1.24. The third-order valence-electron chi connectivity index (χ3n) is 2.78. The zero-order chi connectivity index (χ0) is 15.5. The van der Waals surface area contributed by atoms with Crippen molar-refractivity contribution in [2.24, 2.45) is 5.73 Å². The van der Waals surface area contributed by atoms with E-state index in [0.29, 0.717) is 22.6 Å². The number of nitrogens with two attached hydrogens (primary N) is 1. The Hall–Kier alpha value is -1.77. The van der Waals surface area contributed by atoms with Crippen molar-refractivity contribution in [2.75, 3.05) is 0 Å². The van der Waals surface area contributed by atoms with Crippen LogP contribution in [0, 0.1) is 6.92 Å². The summed E-state index contributed by atoms with van der Waals surface area (Å²) in [7, 11) is -3.53. The first-order valence-corrected chi connectivity index (χ1v) is 8.21. The van der Waals surface area contributed by atoms with Gasteiger partial charge >= 0.3 is 0 Å². The minimum absolute atomic E-state index is 0.0783. The van der Waals surface area contributed by atoms with Crippen molar-refractivity contribution in [3.05, 3.63) is 52.9 Å². The number of hydrogen-bond donors (Lipinski definition) is 2. The first-order chi connectivity index (χ1) is 9.87. The highest BCUT2D eigenvalue weighted by atomic mass is 32.2. The maximum atomic E-state index is 12.1. The molecular weight excluding hydrogens is 310 g/mol. The van der Waals surface area contributed by atoms with Crippen LogP contribution in [0.3, 0.4) is 0 Å². The highest BCUT2D eigenvalue weighted by molar-refractivity contribution is 7.88. The van der Waals surface area contributed by atoms with Crippen molar-refractivity contribution < 1.29 is 12.9 Å². The minimum Gasteiger partial charge on any atom is -0.389 e. The maximum absolute atomic E-state index is 12.1. The average Bonchev–Trinajstić information content (AvgIpc) is 2.82. The molecule has 0 aliphatic heterocycles. The van der Waals surface area contributed by atoms with E-state index in [-0.39, 0.29) is 17.3 Å². The quantitative estimate of drug-likeness (QED) is 0.775. The topological polar surface area (TPSA) is 98.2 Å². The van der Waals surface area contributed by atoms with Gasteiger partial charge in [0.05, 0.1) is 18.0 Å². The fraction of sp³-hybridized carbons (Fsp3) is 0.231. The summed E-state index contributed by atoms with van der Waals surface area (Å²) in [6.45, 7) is 1.82. The van der Waals surface area contributed by atoms with Crippen LogP contribution >= 0.6 is 12.2 Å². The Bertz CT molecular complexity index is 754. The van der Waals surface area contributed by atoms with Crippen molar-refractivity contribution in [3.8, 4) is 0 Å². The lowest BCUT2D eigenvalue weighted by molar-refractivity contribution is 0.390. The number of nitrogens with one attached hydrogen (secondary N) is 1. The predicted molar refractivity (Wildman–Crippen MR) is 83.0 cm³/mol. The molecule has 0 aliphatic rings. The summed E-state index contributed by atoms with van der Waals surface area (Å²) in [5.74, 6) is 0.431. The molecule has 0 fully saturated rings. The maximum Gasteiger partial charge on any atom is 0.216 e. The van der Waals surface area contributed by atoms with E-state index in [9.17, 15) is 8.42 Å². The first-order valence-electron chi connectivity index (χ1n) is 6.14. The van der Waals surface area contributed by atoms with Crippen molar-refractivity contribution in [3.63, 3.8) is 0 Å². The SMILES string of the molecule is Cc1cc(CNS(=O)(=O)Cc2ccccc2C(N)=S)no1. The average molecular weight is 325 g/mol. The van der Waals surface area contributed by atoms with E-state index in [2.05, 4.69) is 9.88 Å². The summed E-state index contributed by atoms with van der Waals surface area (Å²) < 4.78 is 31.6. The second kappa shape index (κ2) is 6.33. The van der Waals surface area contributed by atoms with Crippen molar-refractivity contribution >= 4 is 27.2 Å². The molecule has 2 rings (SSSR count). The molecule has 21 heavy (non-hydrogen) atoms. The molecule has 0 atom stereocenters. The smallest absolute Gasteiger partial charge is 0.216 e. The molecule has 0 bridgehead atoms. The number of sulfonamides is 1. The summed E-state index contributed by atoms with van der Waals surface area (Å²) in [5.41, 5.74) is 7.25. The lowest BCUT2D eigenvalue weighted by atomic mass is 10.1. The first kappa shape index (κ1) is 15.6.